The third kappa shape index (κ3) is 16.0. The van der Waals surface area contributed by atoms with Crippen LogP contribution in [0, 0.1) is 5.92 Å². The number of aromatic amines is 1. The molecule has 3 saturated heterocycles. The maximum atomic E-state index is 14.6. The number of carboxylic acid groups (broad SMARTS) is 2. The van der Waals surface area contributed by atoms with E-state index >= 15 is 0 Å². The number of carbonyl (C=O) groups excluding carboxylic acids is 3. The van der Waals surface area contributed by atoms with Gasteiger partial charge in [-0.2, -0.15) is 8.42 Å². The minimum absolute atomic E-state index is 0.212. The summed E-state index contributed by atoms with van der Waals surface area (Å²) in [6, 6.07) is -2.88. The number of carbonyl (C=O) groups is 5. The number of likely N-dealkylation sites (N-methyl/N-ethyl adjacent to an activating group) is 2. The molecule has 14 atom stereocenters. The van der Waals surface area contributed by atoms with Gasteiger partial charge in [0.05, 0.1) is 6.42 Å². The Morgan fingerprint density at radius 3 is 2.12 bits per heavy atom. The van der Waals surface area contributed by atoms with E-state index in [0.717, 1.165) is 75.6 Å². The SMILES string of the molecule is CCCCCCCCCCCC(CC(=O)OC1CN(C)C(C(OC2OC(CN)C(O)C2OS(=O)(=O)O)C2OC(n3ccc(=O)[nH]c3=O)C(O)C2O)C(=O)N(C)C1C(=O)O)OC(=O)CC(C)CC(=O)O. The van der Waals surface area contributed by atoms with Gasteiger partial charge in [0.15, 0.2) is 24.7 Å². The van der Waals surface area contributed by atoms with Crippen molar-refractivity contribution < 1.29 is 90.3 Å². The van der Waals surface area contributed by atoms with Crippen LogP contribution in [0.2, 0.25) is 0 Å². The van der Waals surface area contributed by atoms with Crippen LogP contribution in [-0.2, 0) is 62.2 Å². The van der Waals surface area contributed by atoms with Gasteiger partial charge in [0.2, 0.25) is 5.91 Å². The van der Waals surface area contributed by atoms with Gasteiger partial charge in [-0.3, -0.25) is 43.0 Å². The van der Waals surface area contributed by atoms with Gasteiger partial charge in [-0.15, -0.1) is 0 Å². The van der Waals surface area contributed by atoms with Crippen LogP contribution in [0.5, 0.6) is 0 Å². The zero-order valence-corrected chi connectivity index (χ0v) is 39.8. The number of nitrogens with zero attached hydrogens (tertiary/aromatic N) is 3. The van der Waals surface area contributed by atoms with Gasteiger partial charge in [-0.05, 0) is 25.8 Å². The number of amides is 1. The van der Waals surface area contributed by atoms with Gasteiger partial charge in [-0.25, -0.2) is 13.8 Å². The second-order valence-electron chi connectivity index (χ2n) is 17.8. The molecule has 0 radical (unpaired) electrons. The highest BCUT2D eigenvalue weighted by molar-refractivity contribution is 7.80. The molecule has 392 valence electrons. The number of H-pyrrole nitrogens is 1. The van der Waals surface area contributed by atoms with Crippen molar-refractivity contribution in [2.75, 3.05) is 27.2 Å². The number of ether oxygens (including phenoxy) is 5. The fourth-order valence-corrected chi connectivity index (χ4v) is 9.31. The largest absolute Gasteiger partial charge is 0.481 e. The van der Waals surface area contributed by atoms with E-state index in [1.54, 1.807) is 6.92 Å². The Bertz CT molecular complexity index is 2120. The number of hydrogen-bond acceptors (Lipinski definition) is 20. The second-order valence-corrected chi connectivity index (χ2v) is 18.9. The van der Waals surface area contributed by atoms with Crippen molar-refractivity contribution in [1.29, 1.82) is 0 Å². The molecule has 0 saturated carbocycles. The zero-order valence-electron chi connectivity index (χ0n) is 39.0. The molecule has 9 N–H and O–H groups in total. The topological polar surface area (TPSA) is 384 Å². The molecule has 3 aliphatic heterocycles. The number of hydrogen-bond donors (Lipinski definition) is 8. The molecule has 3 fully saturated rings. The summed E-state index contributed by atoms with van der Waals surface area (Å²) in [5, 5.41) is 53.4. The number of aliphatic hydroxyl groups excluding tert-OH is 3. The Balaban J connectivity index is 1.65. The van der Waals surface area contributed by atoms with Crippen LogP contribution in [0.25, 0.3) is 0 Å². The fraction of sp³-hybridized carbons (Fsp3) is 0.786. The van der Waals surface area contributed by atoms with E-state index in [1.807, 2.05) is 4.98 Å². The molecule has 4 rings (SSSR count). The Kier molecular flexibility index (Phi) is 21.7. The van der Waals surface area contributed by atoms with Crippen LogP contribution in [0.15, 0.2) is 21.9 Å². The molecule has 3 aliphatic rings. The number of aromatic nitrogens is 2. The smallest absolute Gasteiger partial charge is 0.397 e. The lowest BCUT2D eigenvalue weighted by Gasteiger charge is -2.38. The summed E-state index contributed by atoms with van der Waals surface area (Å²) in [6.07, 6.45) is -11.3. The van der Waals surface area contributed by atoms with Crippen molar-refractivity contribution in [3.05, 3.63) is 33.1 Å². The first kappa shape index (κ1) is 57.2. The molecule has 4 heterocycles. The molecule has 0 aliphatic carbocycles. The Morgan fingerprint density at radius 1 is 0.899 bits per heavy atom. The molecule has 0 spiro atoms. The number of aliphatic hydroxyl groups is 3. The quantitative estimate of drug-likeness (QED) is 0.0286. The molecular formula is C42H67N5O21S. The summed E-state index contributed by atoms with van der Waals surface area (Å²) >= 11 is 0. The molecule has 14 unspecified atom stereocenters. The number of unbranched alkanes of at least 4 members (excludes halogenated alkanes) is 8. The highest BCUT2D eigenvalue weighted by Gasteiger charge is 2.58. The van der Waals surface area contributed by atoms with Crippen molar-refractivity contribution in [2.24, 2.45) is 11.7 Å². The molecule has 1 amide bonds. The molecule has 26 nitrogen and oxygen atoms in total. The van der Waals surface area contributed by atoms with E-state index in [1.165, 1.54) is 7.05 Å². The van der Waals surface area contributed by atoms with Gasteiger partial charge in [0.25, 0.3) is 5.56 Å². The van der Waals surface area contributed by atoms with Crippen LogP contribution in [0.1, 0.15) is 104 Å². The summed E-state index contributed by atoms with van der Waals surface area (Å²) in [5.74, 6) is -6.27. The molecule has 0 bridgehead atoms. The van der Waals surface area contributed by atoms with E-state index in [0.29, 0.717) is 15.9 Å². The first-order valence-electron chi connectivity index (χ1n) is 23.0. The van der Waals surface area contributed by atoms with Gasteiger partial charge >= 0.3 is 40.0 Å². The third-order valence-corrected chi connectivity index (χ3v) is 12.8. The minimum Gasteiger partial charge on any atom is -0.481 e. The van der Waals surface area contributed by atoms with Crippen LogP contribution < -0.4 is 17.0 Å². The Labute approximate surface area is 397 Å². The van der Waals surface area contributed by atoms with Crippen molar-refractivity contribution >= 4 is 40.2 Å². The highest BCUT2D eigenvalue weighted by Crippen LogP contribution is 2.37. The average molecular weight is 1010 g/mol. The summed E-state index contributed by atoms with van der Waals surface area (Å²) in [5.41, 5.74) is 3.79. The minimum atomic E-state index is -5.36. The molecule has 27 heteroatoms. The van der Waals surface area contributed by atoms with E-state index in [4.69, 9.17) is 29.4 Å². The lowest BCUT2D eigenvalue weighted by atomic mass is 9.97. The first-order valence-corrected chi connectivity index (χ1v) is 24.3. The lowest BCUT2D eigenvalue weighted by molar-refractivity contribution is -0.230. The predicted octanol–water partition coefficient (Wildman–Crippen LogP) is -1.37. The summed E-state index contributed by atoms with van der Waals surface area (Å²) in [4.78, 5) is 94.1. The summed E-state index contributed by atoms with van der Waals surface area (Å²) in [6.45, 7) is 2.61. The summed E-state index contributed by atoms with van der Waals surface area (Å²) in [7, 11) is -3.06. The van der Waals surface area contributed by atoms with Gasteiger partial charge < -0.3 is 59.9 Å². The van der Waals surface area contributed by atoms with Gasteiger partial charge in [0, 0.05) is 45.2 Å². The third-order valence-electron chi connectivity index (χ3n) is 12.3. The number of aliphatic carboxylic acids is 2. The van der Waals surface area contributed by atoms with Gasteiger partial charge in [-0.1, -0.05) is 65.2 Å². The first-order chi connectivity index (χ1) is 32.5. The number of nitrogens with one attached hydrogen (secondary N) is 1. The molecule has 1 aromatic heterocycles. The maximum absolute atomic E-state index is 14.6. The van der Waals surface area contributed by atoms with E-state index in [9.17, 15) is 72.1 Å². The standard InChI is InChI=1S/C42H67N5O21S/c1-5-6-7-8-9-10-11-12-13-14-23(63-28(51)18-22(2)17-27(49)50)19-29(52)64-25-21-45(3)31(38(56)46(4)30(25)40(57)58)35(67-41-37(68-69(60,61)62)32(53)24(20-43)65-41)36-33(54)34(55)39(66-36)47-16-15-26(48)44-42(47)59/h15-16,22-25,30-37,39,41,53-55H,5-14,17-21,43H2,1-4H3,(H,49,50)(H,57,58)(H,44,48,59)(H,60,61,62). The molecule has 69 heavy (non-hydrogen) atoms. The van der Waals surface area contributed by atoms with E-state index < -0.39 is 156 Å². The highest BCUT2D eigenvalue weighted by atomic mass is 32.3. The fourth-order valence-electron chi connectivity index (χ4n) is 8.83. The predicted molar refractivity (Wildman–Crippen MR) is 235 cm³/mol. The van der Waals surface area contributed by atoms with Crippen molar-refractivity contribution in [3.63, 3.8) is 0 Å². The van der Waals surface area contributed by atoms with E-state index in [-0.39, 0.29) is 19.3 Å². The number of esters is 2. The number of carboxylic acids is 2. The summed E-state index contributed by atoms with van der Waals surface area (Å²) < 4.78 is 67.9. The normalized spacial score (nSPS) is 29.0. The zero-order chi connectivity index (χ0) is 51.3. The lowest BCUT2D eigenvalue weighted by Crippen LogP contribution is -2.60. The van der Waals surface area contributed by atoms with Gasteiger partial charge in [0.1, 0.15) is 54.9 Å². The van der Waals surface area contributed by atoms with Crippen molar-refractivity contribution in [1.82, 2.24) is 19.4 Å². The molecule has 0 aromatic carbocycles. The second kappa shape index (κ2) is 26.1. The van der Waals surface area contributed by atoms with Crippen LogP contribution in [0.3, 0.4) is 0 Å². The molecular weight excluding hydrogens is 943 g/mol. The van der Waals surface area contributed by atoms with Crippen molar-refractivity contribution in [2.45, 2.75) is 177 Å². The van der Waals surface area contributed by atoms with Crippen LogP contribution in [-0.4, -0.2) is 188 Å². The number of rotatable bonds is 27. The van der Waals surface area contributed by atoms with Crippen LogP contribution in [0.4, 0.5) is 0 Å². The van der Waals surface area contributed by atoms with Crippen LogP contribution >= 0.6 is 0 Å². The Hall–Kier alpha value is -4.42. The monoisotopic (exact) mass is 1010 g/mol. The molecule has 1 aromatic rings. The van der Waals surface area contributed by atoms with E-state index in [2.05, 4.69) is 11.1 Å². The average Bonchev–Trinajstić information content (AvgIpc) is 3.67. The Morgan fingerprint density at radius 2 is 1.54 bits per heavy atom. The van der Waals surface area contributed by atoms with Crippen molar-refractivity contribution in [3.8, 4) is 0 Å². The maximum Gasteiger partial charge on any atom is 0.397 e. The number of nitrogens with two attached hydrogens (primary N) is 1.